The molecule has 0 aliphatic heterocycles. The van der Waals surface area contributed by atoms with Crippen LogP contribution in [0.5, 0.6) is 0 Å². The summed E-state index contributed by atoms with van der Waals surface area (Å²) in [5.41, 5.74) is -0.00826. The summed E-state index contributed by atoms with van der Waals surface area (Å²) in [4.78, 5) is 14.8. The average Bonchev–Trinajstić information content (AvgIpc) is 1.99. The molecule has 0 spiro atoms. The number of hydrogen-bond acceptors (Lipinski definition) is 2. The number of nitrogens with zero attached hydrogens (tertiary/aromatic N) is 2. The minimum Gasteiger partial charge on any atom is -0.336 e. The van der Waals surface area contributed by atoms with Gasteiger partial charge in [-0.25, -0.2) is 4.79 Å². The van der Waals surface area contributed by atoms with Gasteiger partial charge < -0.3 is 15.1 Å². The molecule has 0 aliphatic rings. The van der Waals surface area contributed by atoms with E-state index in [2.05, 4.69) is 24.1 Å². The van der Waals surface area contributed by atoms with Crippen LogP contribution in [-0.4, -0.2) is 56.1 Å². The summed E-state index contributed by atoms with van der Waals surface area (Å²) >= 11 is 0. The van der Waals surface area contributed by atoms with Crippen molar-refractivity contribution < 1.29 is 4.79 Å². The Hall–Kier alpha value is -0.770. The minimum atomic E-state index is -0.0464. The van der Waals surface area contributed by atoms with E-state index in [0.717, 1.165) is 0 Å². The van der Waals surface area contributed by atoms with Gasteiger partial charge in [-0.1, -0.05) is 0 Å². The van der Waals surface area contributed by atoms with Gasteiger partial charge in [-0.05, 0) is 27.9 Å². The molecule has 0 fully saturated rings. The van der Waals surface area contributed by atoms with Crippen molar-refractivity contribution in [2.75, 3.05) is 34.7 Å². The van der Waals surface area contributed by atoms with Crippen LogP contribution in [0.1, 0.15) is 13.8 Å². The number of amides is 2. The molecule has 4 nitrogen and oxygen atoms in total. The second kappa shape index (κ2) is 4.46. The minimum absolute atomic E-state index is 0.00826. The Labute approximate surface area is 80.9 Å². The monoisotopic (exact) mass is 187 g/mol. The third-order valence-corrected chi connectivity index (χ3v) is 2.29. The largest absolute Gasteiger partial charge is 0.336 e. The normalized spacial score (nSPS) is 11.6. The Morgan fingerprint density at radius 3 is 2.00 bits per heavy atom. The fourth-order valence-electron chi connectivity index (χ4n) is 0.608. The molecule has 0 bridgehead atoms. The fraction of sp³-hybridized carbons (Fsp3) is 0.889. The van der Waals surface area contributed by atoms with Crippen molar-refractivity contribution in [1.29, 1.82) is 0 Å². The maximum Gasteiger partial charge on any atom is 0.316 e. The number of carbonyl (C=O) groups is 1. The smallest absolute Gasteiger partial charge is 0.316 e. The number of hydrogen-bond donors (Lipinski definition) is 1. The molecule has 0 aromatic heterocycles. The Bertz CT molecular complexity index is 176. The van der Waals surface area contributed by atoms with Crippen LogP contribution < -0.4 is 5.32 Å². The Balaban J connectivity index is 3.95. The Morgan fingerprint density at radius 2 is 1.69 bits per heavy atom. The molecular formula is C9H21N3O. The highest BCUT2D eigenvalue weighted by molar-refractivity contribution is 5.73. The van der Waals surface area contributed by atoms with E-state index in [1.54, 1.807) is 14.1 Å². The van der Waals surface area contributed by atoms with Gasteiger partial charge in [-0.3, -0.25) is 0 Å². The van der Waals surface area contributed by atoms with E-state index in [1.807, 2.05) is 14.1 Å². The molecule has 0 saturated heterocycles. The quantitative estimate of drug-likeness (QED) is 0.702. The highest BCUT2D eigenvalue weighted by Gasteiger charge is 2.21. The Kier molecular flexibility index (Phi) is 4.20. The summed E-state index contributed by atoms with van der Waals surface area (Å²) in [6, 6.07) is -0.0464. The molecule has 1 N–H and O–H groups in total. The van der Waals surface area contributed by atoms with Crippen molar-refractivity contribution in [3.05, 3.63) is 0 Å². The van der Waals surface area contributed by atoms with Gasteiger partial charge in [0.1, 0.15) is 0 Å². The molecule has 0 rings (SSSR count). The lowest BCUT2D eigenvalue weighted by Gasteiger charge is -2.33. The maximum atomic E-state index is 11.2. The van der Waals surface area contributed by atoms with Gasteiger partial charge in [0, 0.05) is 26.2 Å². The molecule has 4 heteroatoms. The summed E-state index contributed by atoms with van der Waals surface area (Å²) < 4.78 is 0. The first-order valence-corrected chi connectivity index (χ1v) is 4.40. The van der Waals surface area contributed by atoms with Crippen molar-refractivity contribution in [3.8, 4) is 0 Å². The van der Waals surface area contributed by atoms with Crippen LogP contribution in [0, 0.1) is 0 Å². The zero-order valence-electron chi connectivity index (χ0n) is 9.51. The molecule has 0 unspecified atom stereocenters. The molecule has 13 heavy (non-hydrogen) atoms. The van der Waals surface area contributed by atoms with Crippen molar-refractivity contribution in [3.63, 3.8) is 0 Å². The molecule has 0 atom stereocenters. The number of urea groups is 1. The molecule has 0 aliphatic carbocycles. The van der Waals surface area contributed by atoms with Gasteiger partial charge in [-0.2, -0.15) is 0 Å². The average molecular weight is 187 g/mol. The van der Waals surface area contributed by atoms with Crippen molar-refractivity contribution in [2.24, 2.45) is 0 Å². The topological polar surface area (TPSA) is 35.6 Å². The summed E-state index contributed by atoms with van der Waals surface area (Å²) in [6.07, 6.45) is 0. The Morgan fingerprint density at radius 1 is 1.23 bits per heavy atom. The van der Waals surface area contributed by atoms with Crippen LogP contribution in [0.3, 0.4) is 0 Å². The predicted molar refractivity (Wildman–Crippen MR) is 54.9 cm³/mol. The highest BCUT2D eigenvalue weighted by atomic mass is 16.2. The van der Waals surface area contributed by atoms with E-state index >= 15 is 0 Å². The van der Waals surface area contributed by atoms with Gasteiger partial charge in [0.05, 0.1) is 0 Å². The van der Waals surface area contributed by atoms with E-state index in [1.165, 1.54) is 4.90 Å². The molecule has 78 valence electrons. The SMILES string of the molecule is CN(C)C(=O)NCC(C)(C)N(C)C. The summed E-state index contributed by atoms with van der Waals surface area (Å²) in [5.74, 6) is 0. The molecule has 0 aromatic rings. The van der Waals surface area contributed by atoms with Crippen molar-refractivity contribution in [2.45, 2.75) is 19.4 Å². The van der Waals surface area contributed by atoms with Gasteiger partial charge in [0.2, 0.25) is 0 Å². The van der Waals surface area contributed by atoms with E-state index in [9.17, 15) is 4.79 Å². The van der Waals surface area contributed by atoms with Crippen LogP contribution in [0.4, 0.5) is 4.79 Å². The van der Waals surface area contributed by atoms with Crippen LogP contribution in [0.2, 0.25) is 0 Å². The summed E-state index contributed by atoms with van der Waals surface area (Å²) in [5, 5.41) is 2.85. The van der Waals surface area contributed by atoms with Crippen molar-refractivity contribution >= 4 is 6.03 Å². The van der Waals surface area contributed by atoms with Gasteiger partial charge in [0.25, 0.3) is 0 Å². The highest BCUT2D eigenvalue weighted by Crippen LogP contribution is 2.07. The summed E-state index contributed by atoms with van der Waals surface area (Å²) in [6.45, 7) is 4.82. The molecule has 0 saturated carbocycles. The fourth-order valence-corrected chi connectivity index (χ4v) is 0.608. The standard InChI is InChI=1S/C9H21N3O/c1-9(2,12(5)6)7-10-8(13)11(3)4/h7H2,1-6H3,(H,10,13). The van der Waals surface area contributed by atoms with Gasteiger partial charge in [-0.15, -0.1) is 0 Å². The van der Waals surface area contributed by atoms with Gasteiger partial charge >= 0.3 is 6.03 Å². The summed E-state index contributed by atoms with van der Waals surface area (Å²) in [7, 11) is 7.47. The lowest BCUT2D eigenvalue weighted by Crippen LogP contribution is -2.50. The lowest BCUT2D eigenvalue weighted by molar-refractivity contribution is 0.178. The first-order valence-electron chi connectivity index (χ1n) is 4.40. The molecule has 2 amide bonds. The third-order valence-electron chi connectivity index (χ3n) is 2.29. The zero-order chi connectivity index (χ0) is 10.6. The third kappa shape index (κ3) is 4.12. The van der Waals surface area contributed by atoms with Crippen LogP contribution >= 0.6 is 0 Å². The second-order valence-corrected chi connectivity index (χ2v) is 4.26. The van der Waals surface area contributed by atoms with E-state index in [4.69, 9.17) is 0 Å². The number of rotatable bonds is 3. The van der Waals surface area contributed by atoms with Crippen LogP contribution in [0.15, 0.2) is 0 Å². The van der Waals surface area contributed by atoms with E-state index < -0.39 is 0 Å². The van der Waals surface area contributed by atoms with E-state index in [0.29, 0.717) is 6.54 Å². The zero-order valence-corrected chi connectivity index (χ0v) is 9.51. The maximum absolute atomic E-state index is 11.2. The number of carbonyl (C=O) groups excluding carboxylic acids is 1. The second-order valence-electron chi connectivity index (χ2n) is 4.26. The van der Waals surface area contributed by atoms with Crippen LogP contribution in [0.25, 0.3) is 0 Å². The lowest BCUT2D eigenvalue weighted by atomic mass is 10.1. The van der Waals surface area contributed by atoms with E-state index in [-0.39, 0.29) is 11.6 Å². The van der Waals surface area contributed by atoms with Gasteiger partial charge in [0.15, 0.2) is 0 Å². The molecule has 0 radical (unpaired) electrons. The number of likely N-dealkylation sites (N-methyl/N-ethyl adjacent to an activating group) is 1. The predicted octanol–water partition coefficient (Wildman–Crippen LogP) is 0.598. The molecule has 0 aromatic carbocycles. The first kappa shape index (κ1) is 12.2. The van der Waals surface area contributed by atoms with Crippen molar-refractivity contribution in [1.82, 2.24) is 15.1 Å². The first-order chi connectivity index (χ1) is 5.77. The number of nitrogens with one attached hydrogen (secondary N) is 1. The molecule has 0 heterocycles. The molecular weight excluding hydrogens is 166 g/mol. The van der Waals surface area contributed by atoms with Crippen LogP contribution in [-0.2, 0) is 0 Å².